The van der Waals surface area contributed by atoms with Gasteiger partial charge in [0.2, 0.25) is 0 Å². The largest absolute Gasteiger partial charge is 0.390 e. The maximum atomic E-state index is 12.6. The first-order valence-corrected chi connectivity index (χ1v) is 14.9. The quantitative estimate of drug-likeness (QED) is 0.291. The number of hydrogen-bond acceptors (Lipinski definition) is 4. The summed E-state index contributed by atoms with van der Waals surface area (Å²) in [5.41, 5.74) is 1.92. The molecule has 0 unspecified atom stereocenters. The minimum absolute atomic E-state index is 0.0698. The smallest absolute Gasteiger partial charge is 0.163 e. The number of allylic oxidation sites excluding steroid dienone is 3. The molecule has 4 nitrogen and oxygen atoms in total. The first-order valence-electron chi connectivity index (χ1n) is 14.9. The molecule has 6 atom stereocenters. The Labute approximate surface area is 226 Å². The minimum Gasteiger partial charge on any atom is -0.390 e. The average molecular weight is 515 g/mol. The van der Waals surface area contributed by atoms with Gasteiger partial charge in [-0.25, -0.2) is 0 Å². The fourth-order valence-corrected chi connectivity index (χ4v) is 7.73. The normalized spacial score (nSPS) is 34.1. The van der Waals surface area contributed by atoms with Gasteiger partial charge in [-0.2, -0.15) is 0 Å². The zero-order valence-electron chi connectivity index (χ0n) is 24.5. The SMILES string of the molecule is C=C1/C(=C\C=C2/CCC[C@]3(C)[C@@H]([C@@H](CCCC(C)(C)O)CCC(=O)C(C)(C)O)CC[C@@H]23)C[C@@H](C)C[C@@H]1O. The monoisotopic (exact) mass is 514 g/mol. The van der Waals surface area contributed by atoms with E-state index < -0.39 is 17.3 Å². The van der Waals surface area contributed by atoms with Crippen LogP contribution in [-0.2, 0) is 4.79 Å². The number of rotatable bonds is 10. The molecule has 0 heterocycles. The van der Waals surface area contributed by atoms with Crippen LogP contribution in [0.2, 0.25) is 0 Å². The van der Waals surface area contributed by atoms with Crippen LogP contribution in [0.25, 0.3) is 0 Å². The van der Waals surface area contributed by atoms with Crippen molar-refractivity contribution in [2.75, 3.05) is 0 Å². The van der Waals surface area contributed by atoms with Gasteiger partial charge < -0.3 is 15.3 Å². The van der Waals surface area contributed by atoms with E-state index in [-0.39, 0.29) is 11.2 Å². The first-order chi connectivity index (χ1) is 17.1. The third-order valence-electron chi connectivity index (χ3n) is 9.90. The van der Waals surface area contributed by atoms with Gasteiger partial charge in [0.25, 0.3) is 0 Å². The Bertz CT molecular complexity index is 883. The summed E-state index contributed by atoms with van der Waals surface area (Å²) in [6, 6.07) is 0. The predicted octanol–water partition coefficient (Wildman–Crippen LogP) is 7.08. The molecular formula is C33H54O4. The van der Waals surface area contributed by atoms with E-state index in [1.54, 1.807) is 19.4 Å². The van der Waals surface area contributed by atoms with Crippen molar-refractivity contribution in [3.8, 4) is 0 Å². The molecule has 210 valence electrons. The zero-order chi connectivity index (χ0) is 27.6. The van der Waals surface area contributed by atoms with Crippen molar-refractivity contribution in [3.05, 3.63) is 35.5 Å². The summed E-state index contributed by atoms with van der Waals surface area (Å²) < 4.78 is 0. The second-order valence-electron chi connectivity index (χ2n) is 14.1. The van der Waals surface area contributed by atoms with E-state index in [0.717, 1.165) is 50.5 Å². The minimum atomic E-state index is -1.28. The molecule has 3 fully saturated rings. The second kappa shape index (κ2) is 11.9. The fraction of sp³-hybridized carbons (Fsp3) is 0.788. The van der Waals surface area contributed by atoms with Gasteiger partial charge >= 0.3 is 0 Å². The van der Waals surface area contributed by atoms with Gasteiger partial charge in [-0.1, -0.05) is 51.0 Å². The summed E-state index contributed by atoms with van der Waals surface area (Å²) in [7, 11) is 0. The van der Waals surface area contributed by atoms with Crippen molar-refractivity contribution in [3.63, 3.8) is 0 Å². The highest BCUT2D eigenvalue weighted by Crippen LogP contribution is 2.60. The van der Waals surface area contributed by atoms with Crippen LogP contribution < -0.4 is 0 Å². The maximum absolute atomic E-state index is 12.6. The third-order valence-corrected chi connectivity index (χ3v) is 9.90. The Morgan fingerprint density at radius 2 is 1.86 bits per heavy atom. The van der Waals surface area contributed by atoms with Gasteiger partial charge in [-0.05, 0) is 126 Å². The van der Waals surface area contributed by atoms with E-state index in [0.29, 0.717) is 30.1 Å². The molecule has 3 rings (SSSR count). The summed E-state index contributed by atoms with van der Waals surface area (Å²) in [6.45, 7) is 15.8. The number of carbonyl (C=O) groups is 1. The molecule has 0 aromatic carbocycles. The Hall–Kier alpha value is -1.23. The highest BCUT2D eigenvalue weighted by molar-refractivity contribution is 5.86. The molecule has 0 bridgehead atoms. The average Bonchev–Trinajstić information content (AvgIpc) is 3.13. The van der Waals surface area contributed by atoms with Crippen molar-refractivity contribution < 1.29 is 20.1 Å². The van der Waals surface area contributed by atoms with Gasteiger partial charge in [-0.15, -0.1) is 0 Å². The number of fused-ring (bicyclic) bond motifs is 1. The molecule has 0 amide bonds. The number of hydrogen-bond donors (Lipinski definition) is 3. The summed E-state index contributed by atoms with van der Waals surface area (Å²) in [5, 5.41) is 30.9. The van der Waals surface area contributed by atoms with E-state index >= 15 is 0 Å². The Balaban J connectivity index is 1.79. The van der Waals surface area contributed by atoms with E-state index in [1.807, 2.05) is 13.8 Å². The van der Waals surface area contributed by atoms with Gasteiger partial charge in [-0.3, -0.25) is 4.79 Å². The van der Waals surface area contributed by atoms with Gasteiger partial charge in [0.15, 0.2) is 5.78 Å². The van der Waals surface area contributed by atoms with Crippen molar-refractivity contribution in [1.29, 1.82) is 0 Å². The number of aliphatic hydroxyl groups is 3. The van der Waals surface area contributed by atoms with E-state index in [2.05, 4.69) is 32.6 Å². The number of ketones is 1. The van der Waals surface area contributed by atoms with E-state index in [1.165, 1.54) is 31.3 Å². The molecular weight excluding hydrogens is 460 g/mol. The fourth-order valence-electron chi connectivity index (χ4n) is 7.73. The van der Waals surface area contributed by atoms with Crippen LogP contribution in [0.3, 0.4) is 0 Å². The van der Waals surface area contributed by atoms with Crippen LogP contribution in [0.1, 0.15) is 119 Å². The topological polar surface area (TPSA) is 77.8 Å². The number of carbonyl (C=O) groups excluding carboxylic acids is 1. The van der Waals surface area contributed by atoms with E-state index in [9.17, 15) is 20.1 Å². The Kier molecular flexibility index (Phi) is 9.73. The predicted molar refractivity (Wildman–Crippen MR) is 152 cm³/mol. The Morgan fingerprint density at radius 1 is 1.16 bits per heavy atom. The highest BCUT2D eigenvalue weighted by Gasteiger charge is 2.51. The maximum Gasteiger partial charge on any atom is 0.163 e. The summed E-state index contributed by atoms with van der Waals surface area (Å²) in [6.07, 6.45) is 15.9. The van der Waals surface area contributed by atoms with Gasteiger partial charge in [0.05, 0.1) is 11.7 Å². The molecule has 3 N–H and O–H groups in total. The van der Waals surface area contributed by atoms with Crippen LogP contribution in [0.4, 0.5) is 0 Å². The number of Topliss-reactive ketones (excluding diaryl/α,β-unsaturated/α-hetero) is 1. The van der Waals surface area contributed by atoms with Crippen LogP contribution in [0.15, 0.2) is 35.5 Å². The molecule has 0 aromatic rings. The molecule has 3 aliphatic carbocycles. The molecule has 0 aliphatic heterocycles. The highest BCUT2D eigenvalue weighted by atomic mass is 16.3. The second-order valence-corrected chi connectivity index (χ2v) is 14.1. The molecule has 0 spiro atoms. The lowest BCUT2D eigenvalue weighted by Crippen LogP contribution is -2.37. The van der Waals surface area contributed by atoms with Crippen LogP contribution in [-0.4, -0.2) is 38.4 Å². The van der Waals surface area contributed by atoms with Crippen LogP contribution in [0.5, 0.6) is 0 Å². The first kappa shape index (κ1) is 30.3. The molecule has 4 heteroatoms. The lowest BCUT2D eigenvalue weighted by atomic mass is 9.60. The standard InChI is InChI=1S/C33H54O4/c1-22-20-26(23(2)29(34)21-22)13-12-24-11-9-19-33(7)27(24)15-16-28(33)25(10-8-18-31(3,4)36)14-17-30(35)32(5,6)37/h12-13,22,25,27-29,34,36-37H,2,8-11,14-21H2,1,3-7H3/b24-12+,26-13-/t22-,25+,27+,28-,29+,33+/m1/s1. The molecule has 0 radical (unpaired) electrons. The van der Waals surface area contributed by atoms with Crippen molar-refractivity contribution >= 4 is 5.78 Å². The van der Waals surface area contributed by atoms with Crippen molar-refractivity contribution in [2.24, 2.45) is 29.1 Å². The molecule has 37 heavy (non-hydrogen) atoms. The molecule has 0 aromatic heterocycles. The summed E-state index contributed by atoms with van der Waals surface area (Å²) in [4.78, 5) is 12.6. The summed E-state index contributed by atoms with van der Waals surface area (Å²) in [5.74, 6) is 1.95. The van der Waals surface area contributed by atoms with Crippen molar-refractivity contribution in [2.45, 2.75) is 136 Å². The summed E-state index contributed by atoms with van der Waals surface area (Å²) >= 11 is 0. The van der Waals surface area contributed by atoms with Gasteiger partial charge in [0, 0.05) is 6.42 Å². The number of aliphatic hydroxyl groups excluding tert-OH is 1. The molecule has 3 aliphatic rings. The third kappa shape index (κ3) is 7.67. The lowest BCUT2D eigenvalue weighted by Gasteiger charge is -2.45. The van der Waals surface area contributed by atoms with Gasteiger partial charge in [0.1, 0.15) is 5.60 Å². The molecule has 3 saturated carbocycles. The van der Waals surface area contributed by atoms with Crippen molar-refractivity contribution in [1.82, 2.24) is 0 Å². The zero-order valence-corrected chi connectivity index (χ0v) is 24.5. The van der Waals surface area contributed by atoms with Crippen LogP contribution >= 0.6 is 0 Å². The molecule has 0 saturated heterocycles. The van der Waals surface area contributed by atoms with E-state index in [4.69, 9.17) is 0 Å². The van der Waals surface area contributed by atoms with Crippen LogP contribution in [0, 0.1) is 29.1 Å². The lowest BCUT2D eigenvalue weighted by molar-refractivity contribution is -0.134. The Morgan fingerprint density at radius 3 is 2.51 bits per heavy atom.